The number of hydrogen-bond acceptors (Lipinski definition) is 3. The van der Waals surface area contributed by atoms with Gasteiger partial charge in [0, 0.05) is 38.2 Å². The molecular weight excluding hydrogens is 671 g/mol. The van der Waals surface area contributed by atoms with Crippen LogP contribution in [0.15, 0.2) is 209 Å². The number of fused-ring (bicyclic) bond motifs is 7. The summed E-state index contributed by atoms with van der Waals surface area (Å²) in [6.07, 6.45) is 0. The smallest absolute Gasteiger partial charge is 0.159 e. The molecule has 0 amide bonds. The molecule has 11 rings (SSSR count). The van der Waals surface area contributed by atoms with Crippen molar-refractivity contribution < 1.29 is 8.83 Å². The van der Waals surface area contributed by atoms with Gasteiger partial charge in [-0.1, -0.05) is 164 Å². The lowest BCUT2D eigenvalue weighted by atomic mass is 9.92. The third-order valence-corrected chi connectivity index (χ3v) is 10.9. The topological polar surface area (TPSA) is 29.5 Å². The highest BCUT2D eigenvalue weighted by molar-refractivity contribution is 6.14. The number of anilines is 3. The van der Waals surface area contributed by atoms with Crippen molar-refractivity contribution in [2.24, 2.45) is 0 Å². The zero-order chi connectivity index (χ0) is 36.3. The monoisotopic (exact) mass is 703 g/mol. The molecule has 0 saturated carbocycles. The lowest BCUT2D eigenvalue weighted by molar-refractivity contribution is 0.669. The van der Waals surface area contributed by atoms with Gasteiger partial charge in [0.05, 0.1) is 11.4 Å². The molecule has 0 unspecified atom stereocenters. The van der Waals surface area contributed by atoms with E-state index in [0.29, 0.717) is 0 Å². The summed E-state index contributed by atoms with van der Waals surface area (Å²) in [6.45, 7) is 0. The Morgan fingerprint density at radius 3 is 1.53 bits per heavy atom. The molecule has 258 valence electrons. The van der Waals surface area contributed by atoms with E-state index in [2.05, 4.69) is 181 Å². The number of hydrogen-bond donors (Lipinski definition) is 0. The lowest BCUT2D eigenvalue weighted by Gasteiger charge is -2.28. The molecule has 0 aliphatic carbocycles. The number of rotatable bonds is 6. The van der Waals surface area contributed by atoms with E-state index < -0.39 is 0 Å². The van der Waals surface area contributed by atoms with E-state index in [4.69, 9.17) is 8.83 Å². The Balaban J connectivity index is 1.22. The largest absolute Gasteiger partial charge is 0.455 e. The van der Waals surface area contributed by atoms with Gasteiger partial charge >= 0.3 is 0 Å². The van der Waals surface area contributed by atoms with Crippen LogP contribution in [0.3, 0.4) is 0 Å². The van der Waals surface area contributed by atoms with Crippen LogP contribution in [0.1, 0.15) is 0 Å². The zero-order valence-corrected chi connectivity index (χ0v) is 29.8. The normalized spacial score (nSPS) is 11.6. The van der Waals surface area contributed by atoms with Gasteiger partial charge in [-0.2, -0.15) is 0 Å². The summed E-state index contributed by atoms with van der Waals surface area (Å²) < 4.78 is 13.4. The first-order valence-electron chi connectivity index (χ1n) is 18.7. The van der Waals surface area contributed by atoms with Crippen LogP contribution >= 0.6 is 0 Å². The molecule has 0 aliphatic heterocycles. The standard InChI is InChI=1S/C52H33NO2/c1-3-15-34(16-4-1)37-31-32-47(40-20-8-7-19-39(37)40)53(48-26-14-25-44-42-22-10-12-28-50(42)55-52(44)48)36-29-30-38(35-17-5-2-6-18-35)46(33-36)45-24-13-23-43-41-21-9-11-27-49(41)54-51(43)45/h1-33H. The molecule has 2 aromatic heterocycles. The van der Waals surface area contributed by atoms with Crippen molar-refractivity contribution in [3.8, 4) is 33.4 Å². The summed E-state index contributed by atoms with van der Waals surface area (Å²) in [4.78, 5) is 2.37. The Hall–Kier alpha value is -7.36. The second kappa shape index (κ2) is 12.6. The fraction of sp³-hybridized carbons (Fsp3) is 0. The number of benzene rings is 9. The van der Waals surface area contributed by atoms with Gasteiger partial charge in [0.15, 0.2) is 5.58 Å². The van der Waals surface area contributed by atoms with Crippen molar-refractivity contribution in [3.05, 3.63) is 200 Å². The Kier molecular flexibility index (Phi) is 7.17. The van der Waals surface area contributed by atoms with Crippen molar-refractivity contribution in [1.82, 2.24) is 0 Å². The molecule has 3 heteroatoms. The van der Waals surface area contributed by atoms with Gasteiger partial charge in [0.2, 0.25) is 0 Å². The maximum atomic E-state index is 6.76. The van der Waals surface area contributed by atoms with Gasteiger partial charge in [0.1, 0.15) is 16.7 Å². The predicted octanol–water partition coefficient (Wildman–Crippen LogP) is 15.1. The van der Waals surface area contributed by atoms with Crippen molar-refractivity contribution in [2.45, 2.75) is 0 Å². The van der Waals surface area contributed by atoms with E-state index in [-0.39, 0.29) is 0 Å². The molecule has 55 heavy (non-hydrogen) atoms. The second-order valence-corrected chi connectivity index (χ2v) is 14.0. The third-order valence-electron chi connectivity index (χ3n) is 10.9. The third kappa shape index (κ3) is 5.05. The maximum Gasteiger partial charge on any atom is 0.159 e. The molecule has 0 atom stereocenters. The van der Waals surface area contributed by atoms with E-state index in [1.807, 2.05) is 24.3 Å². The highest BCUT2D eigenvalue weighted by Crippen LogP contribution is 2.48. The van der Waals surface area contributed by atoms with Gasteiger partial charge < -0.3 is 13.7 Å². The zero-order valence-electron chi connectivity index (χ0n) is 29.8. The molecule has 0 aliphatic rings. The van der Waals surface area contributed by atoms with Gasteiger partial charge in [-0.3, -0.25) is 0 Å². The van der Waals surface area contributed by atoms with Crippen molar-refractivity contribution in [3.63, 3.8) is 0 Å². The molecule has 9 aromatic carbocycles. The average molecular weight is 704 g/mol. The summed E-state index contributed by atoms with van der Waals surface area (Å²) in [5, 5.41) is 6.71. The van der Waals surface area contributed by atoms with Gasteiger partial charge in [-0.25, -0.2) is 0 Å². The van der Waals surface area contributed by atoms with Gasteiger partial charge in [-0.15, -0.1) is 0 Å². The maximum absolute atomic E-state index is 6.76. The summed E-state index contributed by atoms with van der Waals surface area (Å²) in [5.74, 6) is 0. The van der Waals surface area contributed by atoms with Crippen molar-refractivity contribution in [2.75, 3.05) is 4.90 Å². The predicted molar refractivity (Wildman–Crippen MR) is 229 cm³/mol. The van der Waals surface area contributed by atoms with E-state index in [0.717, 1.165) is 88.6 Å². The fourth-order valence-electron chi connectivity index (χ4n) is 8.39. The van der Waals surface area contributed by atoms with Crippen LogP contribution in [0.5, 0.6) is 0 Å². The molecule has 2 heterocycles. The van der Waals surface area contributed by atoms with Gasteiger partial charge in [-0.05, 0) is 69.6 Å². The lowest BCUT2D eigenvalue weighted by Crippen LogP contribution is -2.11. The minimum absolute atomic E-state index is 0.841. The molecule has 0 bridgehead atoms. The van der Waals surface area contributed by atoms with Crippen LogP contribution in [0, 0.1) is 0 Å². The van der Waals surface area contributed by atoms with Crippen LogP contribution in [0.2, 0.25) is 0 Å². The second-order valence-electron chi connectivity index (χ2n) is 14.0. The van der Waals surface area contributed by atoms with Gasteiger partial charge in [0.25, 0.3) is 0 Å². The summed E-state index contributed by atoms with van der Waals surface area (Å²) in [7, 11) is 0. The minimum Gasteiger partial charge on any atom is -0.455 e. The minimum atomic E-state index is 0.841. The van der Waals surface area contributed by atoms with Crippen LogP contribution in [0.4, 0.5) is 17.1 Å². The highest BCUT2D eigenvalue weighted by atomic mass is 16.3. The highest BCUT2D eigenvalue weighted by Gasteiger charge is 2.24. The Labute approximate surface area is 317 Å². The number of para-hydroxylation sites is 4. The van der Waals surface area contributed by atoms with Crippen LogP contribution < -0.4 is 4.90 Å². The molecular formula is C52H33NO2. The van der Waals surface area contributed by atoms with Crippen LogP contribution in [-0.2, 0) is 0 Å². The summed E-state index contributed by atoms with van der Waals surface area (Å²) in [6, 6.07) is 70.9. The molecule has 0 radical (unpaired) electrons. The quantitative estimate of drug-likeness (QED) is 0.173. The molecule has 11 aromatic rings. The Morgan fingerprint density at radius 1 is 0.291 bits per heavy atom. The van der Waals surface area contributed by atoms with Crippen LogP contribution in [0.25, 0.3) is 88.0 Å². The van der Waals surface area contributed by atoms with Crippen LogP contribution in [-0.4, -0.2) is 0 Å². The molecule has 0 saturated heterocycles. The van der Waals surface area contributed by atoms with E-state index in [1.165, 1.54) is 16.5 Å². The SMILES string of the molecule is c1ccc(-c2ccc(N(c3ccc(-c4ccccc4)c4ccccc34)c3cccc4c3oc3ccccc34)cc2-c2cccc3c2oc2ccccc23)cc1. The van der Waals surface area contributed by atoms with Crippen molar-refractivity contribution in [1.29, 1.82) is 0 Å². The van der Waals surface area contributed by atoms with E-state index in [1.54, 1.807) is 0 Å². The summed E-state index contributed by atoms with van der Waals surface area (Å²) in [5.41, 5.74) is 13.3. The van der Waals surface area contributed by atoms with E-state index in [9.17, 15) is 0 Å². The van der Waals surface area contributed by atoms with E-state index >= 15 is 0 Å². The Morgan fingerprint density at radius 2 is 0.818 bits per heavy atom. The molecule has 0 fully saturated rings. The fourth-order valence-corrected chi connectivity index (χ4v) is 8.39. The first kappa shape index (κ1) is 31.2. The summed E-state index contributed by atoms with van der Waals surface area (Å²) >= 11 is 0. The number of furan rings is 2. The molecule has 0 N–H and O–H groups in total. The average Bonchev–Trinajstić information content (AvgIpc) is 3.84. The first-order chi connectivity index (χ1) is 27.3. The number of nitrogens with zero attached hydrogens (tertiary/aromatic N) is 1. The van der Waals surface area contributed by atoms with Crippen molar-refractivity contribution >= 4 is 71.7 Å². The first-order valence-corrected chi connectivity index (χ1v) is 18.7. The molecule has 3 nitrogen and oxygen atoms in total. The Bertz CT molecular complexity index is 3210. The molecule has 0 spiro atoms.